The Morgan fingerprint density at radius 1 is 1.73 bits per heavy atom. The van der Waals surface area contributed by atoms with Crippen molar-refractivity contribution in [2.75, 3.05) is 0 Å². The number of nitriles is 1. The molecule has 0 amide bonds. The zero-order valence-electron chi connectivity index (χ0n) is 6.22. The van der Waals surface area contributed by atoms with Crippen molar-refractivity contribution < 1.29 is 0 Å². The molecular weight excluding hydrogens is 140 g/mol. The third-order valence-corrected chi connectivity index (χ3v) is 1.54. The molecule has 3 nitrogen and oxygen atoms in total. The van der Waals surface area contributed by atoms with Crippen molar-refractivity contribution in [2.45, 2.75) is 13.3 Å². The summed E-state index contributed by atoms with van der Waals surface area (Å²) in [6.45, 7) is 1.91. The highest BCUT2D eigenvalue weighted by Gasteiger charge is 2.02. The summed E-state index contributed by atoms with van der Waals surface area (Å²) in [4.78, 5) is 13.4. The van der Waals surface area contributed by atoms with Crippen molar-refractivity contribution in [3.63, 3.8) is 0 Å². The minimum Gasteiger partial charge on any atom is -0.328 e. The second kappa shape index (κ2) is 3.02. The molecule has 0 saturated heterocycles. The molecule has 0 saturated carbocycles. The van der Waals surface area contributed by atoms with Crippen molar-refractivity contribution in [1.82, 2.24) is 4.98 Å². The maximum Gasteiger partial charge on any atom is 0.266 e. The second-order valence-electron chi connectivity index (χ2n) is 2.17. The lowest BCUT2D eigenvalue weighted by molar-refractivity contribution is 1.08. The van der Waals surface area contributed by atoms with Gasteiger partial charge in [0.15, 0.2) is 0 Å². The Morgan fingerprint density at radius 2 is 2.45 bits per heavy atom. The normalized spacial score (nSPS) is 9.09. The lowest BCUT2D eigenvalue weighted by Crippen LogP contribution is -2.11. The summed E-state index contributed by atoms with van der Waals surface area (Å²) >= 11 is 0. The number of aromatic nitrogens is 1. The van der Waals surface area contributed by atoms with Crippen molar-refractivity contribution >= 4 is 0 Å². The fourth-order valence-corrected chi connectivity index (χ4v) is 0.936. The van der Waals surface area contributed by atoms with Crippen LogP contribution < -0.4 is 5.56 Å². The molecular formula is C8H8N2O. The Hall–Kier alpha value is -1.56. The maximum absolute atomic E-state index is 11.0. The molecule has 0 spiro atoms. The first-order chi connectivity index (χ1) is 5.29. The van der Waals surface area contributed by atoms with Crippen molar-refractivity contribution in [3.05, 3.63) is 33.7 Å². The molecule has 1 N–H and O–H groups in total. The number of nitrogens with one attached hydrogen (secondary N) is 1. The number of hydrogen-bond acceptors (Lipinski definition) is 2. The minimum absolute atomic E-state index is 0.231. The number of aryl methyl sites for hydroxylation is 1. The largest absolute Gasteiger partial charge is 0.328 e. The van der Waals surface area contributed by atoms with Gasteiger partial charge in [-0.2, -0.15) is 5.26 Å². The molecule has 11 heavy (non-hydrogen) atoms. The van der Waals surface area contributed by atoms with Crippen LogP contribution in [0.4, 0.5) is 0 Å². The second-order valence-corrected chi connectivity index (χ2v) is 2.17. The van der Waals surface area contributed by atoms with Crippen LogP contribution >= 0.6 is 0 Å². The summed E-state index contributed by atoms with van der Waals surface area (Å²) in [5.41, 5.74) is 0.734. The molecule has 0 fully saturated rings. The van der Waals surface area contributed by atoms with Gasteiger partial charge in [-0.25, -0.2) is 0 Å². The van der Waals surface area contributed by atoms with E-state index in [4.69, 9.17) is 5.26 Å². The Labute approximate surface area is 64.3 Å². The lowest BCUT2D eigenvalue weighted by Gasteiger charge is -1.95. The molecule has 1 rings (SSSR count). The molecule has 0 aromatic carbocycles. The number of aromatic amines is 1. The predicted molar refractivity (Wildman–Crippen MR) is 41.2 cm³/mol. The standard InChI is InChI=1S/C8H8N2O/c1-2-6-3-4-10-8(11)7(6)5-9/h3-4H,2H2,1H3,(H,10,11). The third kappa shape index (κ3) is 1.30. The van der Waals surface area contributed by atoms with E-state index in [0.29, 0.717) is 6.42 Å². The van der Waals surface area contributed by atoms with Gasteiger partial charge in [-0.1, -0.05) is 6.92 Å². The van der Waals surface area contributed by atoms with Gasteiger partial charge in [0.2, 0.25) is 0 Å². The number of H-pyrrole nitrogens is 1. The van der Waals surface area contributed by atoms with Crippen LogP contribution in [0.15, 0.2) is 17.1 Å². The van der Waals surface area contributed by atoms with E-state index in [9.17, 15) is 4.79 Å². The first-order valence-corrected chi connectivity index (χ1v) is 3.40. The van der Waals surface area contributed by atoms with Crippen LogP contribution in [-0.4, -0.2) is 4.98 Å². The van der Waals surface area contributed by atoms with Crippen LogP contribution in [0.3, 0.4) is 0 Å². The number of hydrogen-bond donors (Lipinski definition) is 1. The number of pyridine rings is 1. The van der Waals surface area contributed by atoms with Gasteiger partial charge in [0.25, 0.3) is 5.56 Å². The molecule has 0 aliphatic carbocycles. The lowest BCUT2D eigenvalue weighted by atomic mass is 10.1. The Kier molecular flexibility index (Phi) is 2.07. The predicted octanol–water partition coefficient (Wildman–Crippen LogP) is 0.809. The van der Waals surface area contributed by atoms with E-state index in [2.05, 4.69) is 4.98 Å². The van der Waals surface area contributed by atoms with Crippen LogP contribution in [0, 0.1) is 11.3 Å². The highest BCUT2D eigenvalue weighted by atomic mass is 16.1. The van der Waals surface area contributed by atoms with E-state index in [0.717, 1.165) is 5.56 Å². The van der Waals surface area contributed by atoms with Crippen LogP contribution in [0.5, 0.6) is 0 Å². The van der Waals surface area contributed by atoms with E-state index >= 15 is 0 Å². The van der Waals surface area contributed by atoms with Crippen LogP contribution in [0.25, 0.3) is 0 Å². The van der Waals surface area contributed by atoms with Gasteiger partial charge in [-0.05, 0) is 18.1 Å². The van der Waals surface area contributed by atoms with E-state index < -0.39 is 0 Å². The summed E-state index contributed by atoms with van der Waals surface area (Å²) in [5.74, 6) is 0. The maximum atomic E-state index is 11.0. The molecule has 0 aliphatic rings. The van der Waals surface area contributed by atoms with Crippen molar-refractivity contribution in [1.29, 1.82) is 5.26 Å². The summed E-state index contributed by atoms with van der Waals surface area (Å²) in [7, 11) is 0. The summed E-state index contributed by atoms with van der Waals surface area (Å²) in [5, 5.41) is 8.56. The zero-order valence-corrected chi connectivity index (χ0v) is 6.22. The van der Waals surface area contributed by atoms with Gasteiger partial charge >= 0.3 is 0 Å². The van der Waals surface area contributed by atoms with Gasteiger partial charge in [0.1, 0.15) is 11.6 Å². The monoisotopic (exact) mass is 148 g/mol. The van der Waals surface area contributed by atoms with Gasteiger partial charge in [0, 0.05) is 6.20 Å². The van der Waals surface area contributed by atoms with Gasteiger partial charge in [-0.3, -0.25) is 4.79 Å². The first kappa shape index (κ1) is 7.55. The van der Waals surface area contributed by atoms with Crippen LogP contribution in [-0.2, 0) is 6.42 Å². The van der Waals surface area contributed by atoms with E-state index in [1.165, 1.54) is 0 Å². The average Bonchev–Trinajstić information content (AvgIpc) is 2.04. The minimum atomic E-state index is -0.299. The van der Waals surface area contributed by atoms with E-state index in [-0.39, 0.29) is 11.1 Å². The van der Waals surface area contributed by atoms with Gasteiger partial charge in [-0.15, -0.1) is 0 Å². The Bertz CT molecular complexity index is 346. The van der Waals surface area contributed by atoms with E-state index in [1.807, 2.05) is 13.0 Å². The summed E-state index contributed by atoms with van der Waals surface area (Å²) < 4.78 is 0. The number of rotatable bonds is 1. The molecule has 0 unspecified atom stereocenters. The Morgan fingerprint density at radius 3 is 2.91 bits per heavy atom. The molecule has 0 radical (unpaired) electrons. The van der Waals surface area contributed by atoms with Crippen molar-refractivity contribution in [3.8, 4) is 6.07 Å². The molecule has 3 heteroatoms. The topological polar surface area (TPSA) is 56.6 Å². The van der Waals surface area contributed by atoms with Gasteiger partial charge < -0.3 is 4.98 Å². The first-order valence-electron chi connectivity index (χ1n) is 3.40. The molecule has 0 atom stereocenters. The number of nitrogens with zero attached hydrogens (tertiary/aromatic N) is 1. The molecule has 56 valence electrons. The fourth-order valence-electron chi connectivity index (χ4n) is 0.936. The van der Waals surface area contributed by atoms with Gasteiger partial charge in [0.05, 0.1) is 0 Å². The zero-order chi connectivity index (χ0) is 8.27. The van der Waals surface area contributed by atoms with E-state index in [1.54, 1.807) is 12.3 Å². The fraction of sp³-hybridized carbons (Fsp3) is 0.250. The van der Waals surface area contributed by atoms with Crippen molar-refractivity contribution in [2.24, 2.45) is 0 Å². The Balaban J connectivity index is 3.40. The third-order valence-electron chi connectivity index (χ3n) is 1.54. The highest BCUT2D eigenvalue weighted by Crippen LogP contribution is 2.00. The van der Waals surface area contributed by atoms with Crippen LogP contribution in [0.2, 0.25) is 0 Å². The smallest absolute Gasteiger partial charge is 0.266 e. The molecule has 1 aromatic heterocycles. The highest BCUT2D eigenvalue weighted by molar-refractivity contribution is 5.34. The molecule has 0 bridgehead atoms. The molecule has 1 aromatic rings. The summed E-state index contributed by atoms with van der Waals surface area (Å²) in [6, 6.07) is 3.62. The summed E-state index contributed by atoms with van der Waals surface area (Å²) in [6.07, 6.45) is 2.27. The van der Waals surface area contributed by atoms with Crippen LogP contribution in [0.1, 0.15) is 18.1 Å². The molecule has 0 aliphatic heterocycles. The SMILES string of the molecule is CCc1cc[nH]c(=O)c1C#N. The quantitative estimate of drug-likeness (QED) is 0.640. The average molecular weight is 148 g/mol. The molecule has 1 heterocycles.